The molecule has 0 N–H and O–H groups in total. The highest BCUT2D eigenvalue weighted by atomic mass is 14.7. The Morgan fingerprint density at radius 3 is 2.46 bits per heavy atom. The van der Waals surface area contributed by atoms with Gasteiger partial charge in [0.25, 0.3) is 0 Å². The number of hydrogen-bond acceptors (Lipinski definition) is 1. The fourth-order valence-electron chi connectivity index (χ4n) is 3.04. The van der Waals surface area contributed by atoms with E-state index < -0.39 is 0 Å². The zero-order valence-electron chi connectivity index (χ0n) is 15.6. The summed E-state index contributed by atoms with van der Waals surface area (Å²) in [6, 6.07) is 19.0. The molecule has 2 aromatic carbocycles. The summed E-state index contributed by atoms with van der Waals surface area (Å²) in [5.41, 5.74) is 7.84. The van der Waals surface area contributed by atoms with E-state index in [0.717, 1.165) is 35.4 Å². The van der Waals surface area contributed by atoms with Gasteiger partial charge in [0.05, 0.1) is 5.70 Å². The second-order valence-electron chi connectivity index (χ2n) is 6.72. The summed E-state index contributed by atoms with van der Waals surface area (Å²) in [7, 11) is 0. The average Bonchev–Trinajstić information content (AvgIpc) is 2.68. The van der Waals surface area contributed by atoms with Gasteiger partial charge < -0.3 is 0 Å². The molecular weight excluding hydrogens is 314 g/mol. The molecule has 0 unspecified atom stereocenters. The molecule has 0 radical (unpaired) electrons. The van der Waals surface area contributed by atoms with Gasteiger partial charge in [-0.25, -0.2) is 0 Å². The molecule has 0 bridgehead atoms. The van der Waals surface area contributed by atoms with Crippen LogP contribution >= 0.6 is 0 Å². The normalized spacial score (nSPS) is 13.9. The van der Waals surface area contributed by atoms with E-state index in [2.05, 4.69) is 79.4 Å². The number of allylic oxidation sites excluding steroid dienone is 6. The highest BCUT2D eigenvalue weighted by Crippen LogP contribution is 2.28. The molecule has 0 saturated heterocycles. The van der Waals surface area contributed by atoms with Crippen LogP contribution in [-0.2, 0) is 0 Å². The van der Waals surface area contributed by atoms with Crippen LogP contribution in [0.25, 0.3) is 16.8 Å². The van der Waals surface area contributed by atoms with E-state index in [-0.39, 0.29) is 0 Å². The first-order valence-corrected chi connectivity index (χ1v) is 9.08. The molecule has 0 aliphatic heterocycles. The van der Waals surface area contributed by atoms with E-state index in [1.807, 2.05) is 19.9 Å². The van der Waals surface area contributed by atoms with Gasteiger partial charge in [-0.3, -0.25) is 4.99 Å². The third-order valence-corrected chi connectivity index (χ3v) is 4.35. The number of benzene rings is 2. The van der Waals surface area contributed by atoms with Gasteiger partial charge in [-0.15, -0.1) is 0 Å². The highest BCUT2D eigenvalue weighted by Gasteiger charge is 2.07. The van der Waals surface area contributed by atoms with Crippen LogP contribution in [0.2, 0.25) is 0 Å². The van der Waals surface area contributed by atoms with Gasteiger partial charge in [-0.05, 0) is 61.1 Å². The molecule has 0 atom stereocenters. The molecular formula is C25H25N. The number of hydrogen-bond donors (Lipinski definition) is 0. The molecule has 2 aromatic rings. The molecule has 0 heterocycles. The molecule has 0 fully saturated rings. The van der Waals surface area contributed by atoms with E-state index in [0.29, 0.717) is 0 Å². The van der Waals surface area contributed by atoms with Gasteiger partial charge in [0.1, 0.15) is 0 Å². The molecule has 1 nitrogen and oxygen atoms in total. The van der Waals surface area contributed by atoms with Crippen LogP contribution in [0.3, 0.4) is 0 Å². The second-order valence-corrected chi connectivity index (χ2v) is 6.72. The van der Waals surface area contributed by atoms with E-state index >= 15 is 0 Å². The Labute approximate surface area is 156 Å². The lowest BCUT2D eigenvalue weighted by Crippen LogP contribution is -1.93. The first-order valence-electron chi connectivity index (χ1n) is 9.08. The minimum Gasteiger partial charge on any atom is -0.258 e. The van der Waals surface area contributed by atoms with Crippen LogP contribution in [0.5, 0.6) is 0 Å². The second kappa shape index (κ2) is 8.44. The van der Waals surface area contributed by atoms with Gasteiger partial charge in [-0.1, -0.05) is 73.3 Å². The summed E-state index contributed by atoms with van der Waals surface area (Å²) in [4.78, 5) is 4.79. The van der Waals surface area contributed by atoms with Gasteiger partial charge in [-0.2, -0.15) is 0 Å². The Balaban J connectivity index is 2.00. The van der Waals surface area contributed by atoms with Crippen molar-refractivity contribution >= 4 is 11.4 Å². The first-order chi connectivity index (χ1) is 12.6. The standard InChI is InChI=1S/C25H25N/c1-19(2)26-25(17-20(3)21-11-6-4-7-12-21)24-16-10-15-23(18-24)22-13-8-5-9-14-22/h4-6,8-11,13-18H,3,7,12H2,1-2H3/b25-17-. The van der Waals surface area contributed by atoms with Crippen LogP contribution in [0.1, 0.15) is 32.3 Å². The van der Waals surface area contributed by atoms with Crippen LogP contribution in [0, 0.1) is 0 Å². The van der Waals surface area contributed by atoms with Crippen molar-refractivity contribution in [3.63, 3.8) is 0 Å². The molecule has 0 spiro atoms. The highest BCUT2D eigenvalue weighted by molar-refractivity contribution is 5.87. The quantitative estimate of drug-likeness (QED) is 0.410. The summed E-state index contributed by atoms with van der Waals surface area (Å²) >= 11 is 0. The third-order valence-electron chi connectivity index (χ3n) is 4.35. The largest absolute Gasteiger partial charge is 0.258 e. The maximum Gasteiger partial charge on any atom is 0.0707 e. The predicted octanol–water partition coefficient (Wildman–Crippen LogP) is 7.01. The van der Waals surface area contributed by atoms with Gasteiger partial charge in [0.15, 0.2) is 0 Å². The van der Waals surface area contributed by atoms with Crippen molar-refractivity contribution in [2.24, 2.45) is 4.99 Å². The van der Waals surface area contributed by atoms with E-state index in [1.54, 1.807) is 0 Å². The molecule has 1 heteroatoms. The van der Waals surface area contributed by atoms with Crippen molar-refractivity contribution in [3.05, 3.63) is 102 Å². The Hall–Kier alpha value is -2.93. The monoisotopic (exact) mass is 339 g/mol. The van der Waals surface area contributed by atoms with Crippen LogP contribution in [0.15, 0.2) is 102 Å². The first kappa shape index (κ1) is 17.9. The van der Waals surface area contributed by atoms with Crippen molar-refractivity contribution in [3.8, 4) is 11.1 Å². The van der Waals surface area contributed by atoms with Gasteiger partial charge >= 0.3 is 0 Å². The summed E-state index contributed by atoms with van der Waals surface area (Å²) < 4.78 is 0. The molecule has 26 heavy (non-hydrogen) atoms. The lowest BCUT2D eigenvalue weighted by atomic mass is 9.96. The van der Waals surface area contributed by atoms with E-state index in [4.69, 9.17) is 4.99 Å². The maximum atomic E-state index is 4.79. The number of nitrogens with zero attached hydrogens (tertiary/aromatic N) is 1. The average molecular weight is 339 g/mol. The number of aliphatic imine (C=N–C) groups is 1. The maximum absolute atomic E-state index is 4.79. The Bertz CT molecular complexity index is 904. The topological polar surface area (TPSA) is 12.4 Å². The van der Waals surface area contributed by atoms with Crippen molar-refractivity contribution in [1.29, 1.82) is 0 Å². The third kappa shape index (κ3) is 4.58. The zero-order chi connectivity index (χ0) is 18.4. The SMILES string of the molecule is C=C(/C=C(\N=C(C)C)c1cccc(-c2ccccc2)c1)C1=CC=CCC1. The molecule has 0 saturated carbocycles. The predicted molar refractivity (Wildman–Crippen MR) is 114 cm³/mol. The minimum absolute atomic E-state index is 0.961. The number of rotatable bonds is 5. The van der Waals surface area contributed by atoms with Crippen molar-refractivity contribution in [2.45, 2.75) is 26.7 Å². The summed E-state index contributed by atoms with van der Waals surface area (Å²) in [5.74, 6) is 0. The van der Waals surface area contributed by atoms with Crippen molar-refractivity contribution in [2.75, 3.05) is 0 Å². The van der Waals surface area contributed by atoms with Crippen molar-refractivity contribution in [1.82, 2.24) is 0 Å². The van der Waals surface area contributed by atoms with Crippen molar-refractivity contribution < 1.29 is 0 Å². The molecule has 130 valence electrons. The van der Waals surface area contributed by atoms with E-state index in [9.17, 15) is 0 Å². The molecule has 3 rings (SSSR count). The van der Waals surface area contributed by atoms with E-state index in [1.165, 1.54) is 16.7 Å². The Morgan fingerprint density at radius 2 is 1.77 bits per heavy atom. The van der Waals surface area contributed by atoms with Crippen LogP contribution in [0.4, 0.5) is 0 Å². The van der Waals surface area contributed by atoms with Gasteiger partial charge in [0, 0.05) is 11.3 Å². The Kier molecular flexibility index (Phi) is 5.80. The molecule has 0 aromatic heterocycles. The minimum atomic E-state index is 0.961. The van der Waals surface area contributed by atoms with Crippen LogP contribution < -0.4 is 0 Å². The smallest absolute Gasteiger partial charge is 0.0707 e. The lowest BCUT2D eigenvalue weighted by molar-refractivity contribution is 0.979. The summed E-state index contributed by atoms with van der Waals surface area (Å²) in [6.45, 7) is 8.34. The summed E-state index contributed by atoms with van der Waals surface area (Å²) in [6.07, 6.45) is 10.7. The van der Waals surface area contributed by atoms with Crippen LogP contribution in [-0.4, -0.2) is 5.71 Å². The summed E-state index contributed by atoms with van der Waals surface area (Å²) in [5, 5.41) is 0. The molecule has 0 amide bonds. The zero-order valence-corrected chi connectivity index (χ0v) is 15.6. The fourth-order valence-corrected chi connectivity index (χ4v) is 3.04. The molecule has 1 aliphatic rings. The molecule has 1 aliphatic carbocycles. The fraction of sp³-hybridized carbons (Fsp3) is 0.160. The Morgan fingerprint density at radius 1 is 1.00 bits per heavy atom. The lowest BCUT2D eigenvalue weighted by Gasteiger charge is -2.12. The van der Waals surface area contributed by atoms with Gasteiger partial charge in [0.2, 0.25) is 0 Å².